The fourth-order valence-corrected chi connectivity index (χ4v) is 3.76. The number of para-hydroxylation sites is 2. The van der Waals surface area contributed by atoms with Gasteiger partial charge in [-0.1, -0.05) is 12.1 Å². The van der Waals surface area contributed by atoms with Gasteiger partial charge in [0.25, 0.3) is 0 Å². The molecule has 2 aliphatic heterocycles. The number of rotatable bonds is 7. The zero-order valence-electron chi connectivity index (χ0n) is 17.2. The first-order chi connectivity index (χ1) is 14.7. The van der Waals surface area contributed by atoms with Gasteiger partial charge < -0.3 is 29.7 Å². The molecule has 0 aromatic heterocycles. The minimum Gasteiger partial charge on any atom is -0.495 e. The monoisotopic (exact) mass is 412 g/mol. The lowest BCUT2D eigenvalue weighted by atomic mass is 10.2. The second kappa shape index (κ2) is 9.58. The first kappa shape index (κ1) is 20.2. The lowest BCUT2D eigenvalue weighted by Gasteiger charge is -2.36. The Hall–Kier alpha value is -3.13. The van der Waals surface area contributed by atoms with Crippen molar-refractivity contribution in [1.29, 1.82) is 0 Å². The molecule has 8 heteroatoms. The summed E-state index contributed by atoms with van der Waals surface area (Å²) in [7, 11) is 1.71. The van der Waals surface area contributed by atoms with Crippen molar-refractivity contribution in [3.63, 3.8) is 0 Å². The largest absolute Gasteiger partial charge is 0.495 e. The maximum absolute atomic E-state index is 12.1. The number of hydrogen-bond acceptors (Lipinski definition) is 6. The topological polar surface area (TPSA) is 75.3 Å². The van der Waals surface area contributed by atoms with E-state index in [1.54, 1.807) is 25.3 Å². The van der Waals surface area contributed by atoms with Gasteiger partial charge in [-0.25, -0.2) is 4.79 Å². The summed E-state index contributed by atoms with van der Waals surface area (Å²) in [5, 5.41) is 5.74. The molecular weight excluding hydrogens is 384 g/mol. The highest BCUT2D eigenvalue weighted by atomic mass is 16.7. The molecule has 1 saturated heterocycles. The molecule has 0 unspecified atom stereocenters. The molecule has 2 N–H and O–H groups in total. The molecule has 8 nitrogen and oxygen atoms in total. The fraction of sp³-hybridized carbons (Fsp3) is 0.409. The number of nitrogens with zero attached hydrogens (tertiary/aromatic N) is 2. The molecule has 0 saturated carbocycles. The number of nitrogens with one attached hydrogen (secondary N) is 2. The van der Waals surface area contributed by atoms with E-state index in [0.29, 0.717) is 23.7 Å². The summed E-state index contributed by atoms with van der Waals surface area (Å²) < 4.78 is 16.1. The summed E-state index contributed by atoms with van der Waals surface area (Å²) in [4.78, 5) is 16.9. The fourth-order valence-electron chi connectivity index (χ4n) is 3.76. The van der Waals surface area contributed by atoms with Gasteiger partial charge in [0.1, 0.15) is 5.75 Å². The minimum absolute atomic E-state index is 0.213. The highest BCUT2D eigenvalue weighted by molar-refractivity contribution is 5.89. The SMILES string of the molecule is COc1ccccc1N1CCN(CCCNC(=O)Nc2ccc3c(c2)OCO3)CC1. The van der Waals surface area contributed by atoms with Crippen LogP contribution in [-0.4, -0.2) is 64.1 Å². The van der Waals surface area contributed by atoms with Crippen LogP contribution in [0.4, 0.5) is 16.2 Å². The number of carbonyl (C=O) groups is 1. The van der Waals surface area contributed by atoms with Gasteiger partial charge in [-0.2, -0.15) is 0 Å². The number of ether oxygens (including phenoxy) is 3. The van der Waals surface area contributed by atoms with Crippen molar-refractivity contribution in [2.75, 3.05) is 63.4 Å². The average molecular weight is 412 g/mol. The number of fused-ring (bicyclic) bond motifs is 1. The predicted molar refractivity (Wildman–Crippen MR) is 116 cm³/mol. The van der Waals surface area contributed by atoms with Crippen LogP contribution in [0.2, 0.25) is 0 Å². The van der Waals surface area contributed by atoms with Crippen LogP contribution in [0.3, 0.4) is 0 Å². The van der Waals surface area contributed by atoms with E-state index in [-0.39, 0.29) is 12.8 Å². The van der Waals surface area contributed by atoms with Crippen molar-refractivity contribution in [3.05, 3.63) is 42.5 Å². The Morgan fingerprint density at radius 2 is 1.87 bits per heavy atom. The molecule has 2 aliphatic rings. The molecule has 160 valence electrons. The third-order valence-corrected chi connectivity index (χ3v) is 5.37. The van der Waals surface area contributed by atoms with E-state index in [9.17, 15) is 4.79 Å². The number of methoxy groups -OCH3 is 1. The highest BCUT2D eigenvalue weighted by Crippen LogP contribution is 2.34. The van der Waals surface area contributed by atoms with Crippen molar-refractivity contribution in [2.24, 2.45) is 0 Å². The molecule has 2 heterocycles. The van der Waals surface area contributed by atoms with E-state index in [1.807, 2.05) is 18.2 Å². The maximum atomic E-state index is 12.1. The number of urea groups is 1. The molecule has 0 bridgehead atoms. The van der Waals surface area contributed by atoms with Crippen LogP contribution in [0.15, 0.2) is 42.5 Å². The number of amides is 2. The molecule has 1 fully saturated rings. The Bertz CT molecular complexity index is 868. The summed E-state index contributed by atoms with van der Waals surface area (Å²) in [5.41, 5.74) is 1.84. The van der Waals surface area contributed by atoms with Crippen LogP contribution in [0.5, 0.6) is 17.2 Å². The van der Waals surface area contributed by atoms with Gasteiger partial charge in [-0.3, -0.25) is 4.90 Å². The van der Waals surface area contributed by atoms with Gasteiger partial charge in [0.15, 0.2) is 11.5 Å². The molecule has 0 radical (unpaired) electrons. The summed E-state index contributed by atoms with van der Waals surface area (Å²) >= 11 is 0. The van der Waals surface area contributed by atoms with E-state index in [0.717, 1.165) is 50.6 Å². The van der Waals surface area contributed by atoms with Gasteiger partial charge in [-0.15, -0.1) is 0 Å². The molecule has 2 amide bonds. The van der Waals surface area contributed by atoms with E-state index in [2.05, 4.69) is 26.5 Å². The van der Waals surface area contributed by atoms with E-state index in [4.69, 9.17) is 14.2 Å². The van der Waals surface area contributed by atoms with Crippen molar-refractivity contribution in [1.82, 2.24) is 10.2 Å². The molecular formula is C22H28N4O4. The summed E-state index contributed by atoms with van der Waals surface area (Å²) in [6, 6.07) is 13.3. The molecule has 30 heavy (non-hydrogen) atoms. The molecule has 4 rings (SSSR count). The first-order valence-corrected chi connectivity index (χ1v) is 10.3. The number of carbonyl (C=O) groups excluding carboxylic acids is 1. The van der Waals surface area contributed by atoms with Crippen molar-refractivity contribution in [3.8, 4) is 17.2 Å². The smallest absolute Gasteiger partial charge is 0.319 e. The van der Waals surface area contributed by atoms with Crippen LogP contribution in [0.1, 0.15) is 6.42 Å². The van der Waals surface area contributed by atoms with Gasteiger partial charge in [0, 0.05) is 44.5 Å². The van der Waals surface area contributed by atoms with Crippen LogP contribution >= 0.6 is 0 Å². The Kier molecular flexibility index (Phi) is 6.44. The molecule has 2 aromatic carbocycles. The number of benzene rings is 2. The van der Waals surface area contributed by atoms with Crippen LogP contribution in [0.25, 0.3) is 0 Å². The van der Waals surface area contributed by atoms with E-state index in [1.165, 1.54) is 0 Å². The summed E-state index contributed by atoms with van der Waals surface area (Å²) in [5.74, 6) is 2.27. The predicted octanol–water partition coefficient (Wildman–Crippen LogP) is 2.76. The second-order valence-corrected chi connectivity index (χ2v) is 7.30. The molecule has 0 aliphatic carbocycles. The van der Waals surface area contributed by atoms with Crippen LogP contribution in [-0.2, 0) is 0 Å². The van der Waals surface area contributed by atoms with Crippen molar-refractivity contribution < 1.29 is 19.0 Å². The lowest BCUT2D eigenvalue weighted by Crippen LogP contribution is -2.47. The third kappa shape index (κ3) is 4.88. The average Bonchev–Trinajstić information content (AvgIpc) is 3.25. The summed E-state index contributed by atoms with van der Waals surface area (Å²) in [6.45, 7) is 5.75. The van der Waals surface area contributed by atoms with Crippen molar-refractivity contribution in [2.45, 2.75) is 6.42 Å². The normalized spacial score (nSPS) is 15.7. The maximum Gasteiger partial charge on any atom is 0.319 e. The third-order valence-electron chi connectivity index (χ3n) is 5.37. The van der Waals surface area contributed by atoms with Crippen molar-refractivity contribution >= 4 is 17.4 Å². The molecule has 0 atom stereocenters. The lowest BCUT2D eigenvalue weighted by molar-refractivity contribution is 0.174. The quantitative estimate of drug-likeness (QED) is 0.681. The Morgan fingerprint density at radius 1 is 1.07 bits per heavy atom. The van der Waals surface area contributed by atoms with Gasteiger partial charge in [0.05, 0.1) is 12.8 Å². The Morgan fingerprint density at radius 3 is 2.70 bits per heavy atom. The Balaban J connectivity index is 1.14. The zero-order valence-corrected chi connectivity index (χ0v) is 17.2. The van der Waals surface area contributed by atoms with E-state index < -0.39 is 0 Å². The molecule has 0 spiro atoms. The number of piperazine rings is 1. The standard InChI is InChI=1S/C22H28N4O4/c1-28-19-6-3-2-5-18(19)26-13-11-25(12-14-26)10-4-9-23-22(27)24-17-7-8-20-21(15-17)30-16-29-20/h2-3,5-8,15H,4,9-14,16H2,1H3,(H2,23,24,27). The van der Waals surface area contributed by atoms with Gasteiger partial charge in [0.2, 0.25) is 6.79 Å². The zero-order chi connectivity index (χ0) is 20.8. The van der Waals surface area contributed by atoms with Gasteiger partial charge in [-0.05, 0) is 37.2 Å². The van der Waals surface area contributed by atoms with Crippen LogP contribution < -0.4 is 29.7 Å². The second-order valence-electron chi connectivity index (χ2n) is 7.30. The number of anilines is 2. The summed E-state index contributed by atoms with van der Waals surface area (Å²) in [6.07, 6.45) is 0.906. The van der Waals surface area contributed by atoms with Gasteiger partial charge >= 0.3 is 6.03 Å². The number of hydrogen-bond donors (Lipinski definition) is 2. The van der Waals surface area contributed by atoms with E-state index >= 15 is 0 Å². The highest BCUT2D eigenvalue weighted by Gasteiger charge is 2.19. The minimum atomic E-state index is -0.213. The first-order valence-electron chi connectivity index (χ1n) is 10.3. The molecule has 2 aromatic rings. The Labute approximate surface area is 176 Å². The van der Waals surface area contributed by atoms with Crippen LogP contribution in [0, 0.1) is 0 Å².